The Labute approximate surface area is 127 Å². The van der Waals surface area contributed by atoms with Crippen molar-refractivity contribution in [2.45, 2.75) is 39.5 Å². The minimum absolute atomic E-state index is 0.545. The lowest BCUT2D eigenvalue weighted by atomic mass is 9.74. The van der Waals surface area contributed by atoms with Gasteiger partial charge in [0, 0.05) is 24.7 Å². The van der Waals surface area contributed by atoms with Gasteiger partial charge in [0.05, 0.1) is 16.9 Å². The molecule has 0 spiro atoms. The van der Waals surface area contributed by atoms with Crippen molar-refractivity contribution < 1.29 is 0 Å². The Balaban J connectivity index is 1.87. The average molecular weight is 283 g/mol. The SMILES string of the molecule is CCC1(CC)CCN(c2ccc3ncccc3c2N)CC1. The summed E-state index contributed by atoms with van der Waals surface area (Å²) in [6, 6.07) is 8.24. The molecule has 0 unspecified atom stereocenters. The van der Waals surface area contributed by atoms with E-state index in [1.807, 2.05) is 12.3 Å². The van der Waals surface area contributed by atoms with Crippen LogP contribution in [0.2, 0.25) is 0 Å². The van der Waals surface area contributed by atoms with Crippen LogP contribution in [0.1, 0.15) is 39.5 Å². The van der Waals surface area contributed by atoms with Gasteiger partial charge in [0.15, 0.2) is 0 Å². The van der Waals surface area contributed by atoms with Gasteiger partial charge in [-0.05, 0) is 42.5 Å². The first-order chi connectivity index (χ1) is 10.2. The fourth-order valence-corrected chi connectivity index (χ4v) is 3.62. The summed E-state index contributed by atoms with van der Waals surface area (Å²) in [5, 5.41) is 1.07. The molecule has 0 amide bonds. The van der Waals surface area contributed by atoms with Crippen LogP contribution in [0.15, 0.2) is 30.5 Å². The van der Waals surface area contributed by atoms with Crippen molar-refractivity contribution in [1.29, 1.82) is 0 Å². The largest absolute Gasteiger partial charge is 0.396 e. The molecule has 1 saturated heterocycles. The van der Waals surface area contributed by atoms with Crippen LogP contribution in [-0.4, -0.2) is 18.1 Å². The van der Waals surface area contributed by atoms with Crippen LogP contribution in [0.25, 0.3) is 10.9 Å². The van der Waals surface area contributed by atoms with Gasteiger partial charge >= 0.3 is 0 Å². The molecule has 3 rings (SSSR count). The second-order valence-electron chi connectivity index (χ2n) is 6.26. The van der Waals surface area contributed by atoms with E-state index in [1.54, 1.807) is 0 Å². The average Bonchev–Trinajstić information content (AvgIpc) is 2.56. The first kappa shape index (κ1) is 14.2. The number of pyridine rings is 1. The van der Waals surface area contributed by atoms with Gasteiger partial charge in [0.2, 0.25) is 0 Å². The molecular weight excluding hydrogens is 258 g/mol. The molecule has 1 aliphatic heterocycles. The van der Waals surface area contributed by atoms with Crippen molar-refractivity contribution in [3.63, 3.8) is 0 Å². The molecule has 1 aliphatic rings. The molecule has 0 aliphatic carbocycles. The summed E-state index contributed by atoms with van der Waals surface area (Å²) in [7, 11) is 0. The standard InChI is InChI=1S/C18H25N3/c1-3-18(4-2)9-12-21(13-10-18)16-8-7-15-14(17(16)19)6-5-11-20-15/h5-8,11H,3-4,9-10,12-13,19H2,1-2H3. The van der Waals surface area contributed by atoms with E-state index in [-0.39, 0.29) is 0 Å². The lowest BCUT2D eigenvalue weighted by Gasteiger charge is -2.42. The maximum Gasteiger partial charge on any atom is 0.0724 e. The monoisotopic (exact) mass is 283 g/mol. The number of rotatable bonds is 3. The van der Waals surface area contributed by atoms with Crippen molar-refractivity contribution in [2.24, 2.45) is 5.41 Å². The molecule has 21 heavy (non-hydrogen) atoms. The molecule has 0 radical (unpaired) electrons. The number of nitrogens with two attached hydrogens (primary N) is 1. The topological polar surface area (TPSA) is 42.2 Å². The second-order valence-corrected chi connectivity index (χ2v) is 6.26. The lowest BCUT2D eigenvalue weighted by Crippen LogP contribution is -2.39. The predicted molar refractivity (Wildman–Crippen MR) is 90.6 cm³/mol. The third kappa shape index (κ3) is 2.45. The van der Waals surface area contributed by atoms with E-state index in [9.17, 15) is 0 Å². The van der Waals surface area contributed by atoms with Gasteiger partial charge < -0.3 is 10.6 Å². The van der Waals surface area contributed by atoms with Gasteiger partial charge in [-0.15, -0.1) is 0 Å². The van der Waals surface area contributed by atoms with Crippen LogP contribution in [0.5, 0.6) is 0 Å². The highest BCUT2D eigenvalue weighted by atomic mass is 15.1. The lowest BCUT2D eigenvalue weighted by molar-refractivity contribution is 0.199. The van der Waals surface area contributed by atoms with Crippen molar-refractivity contribution in [1.82, 2.24) is 4.98 Å². The first-order valence-electron chi connectivity index (χ1n) is 8.07. The smallest absolute Gasteiger partial charge is 0.0724 e. The van der Waals surface area contributed by atoms with Crippen LogP contribution < -0.4 is 10.6 Å². The predicted octanol–water partition coefficient (Wildman–Crippen LogP) is 4.22. The van der Waals surface area contributed by atoms with Crippen LogP contribution in [0, 0.1) is 5.41 Å². The zero-order chi connectivity index (χ0) is 14.9. The number of piperidine rings is 1. The molecule has 1 aromatic heterocycles. The maximum absolute atomic E-state index is 6.40. The van der Waals surface area contributed by atoms with Crippen molar-refractivity contribution >= 4 is 22.3 Å². The Morgan fingerprint density at radius 3 is 2.52 bits per heavy atom. The van der Waals surface area contributed by atoms with Gasteiger partial charge in [0.25, 0.3) is 0 Å². The van der Waals surface area contributed by atoms with E-state index in [2.05, 4.69) is 41.9 Å². The molecule has 0 saturated carbocycles. The molecule has 2 heterocycles. The molecule has 1 aromatic carbocycles. The summed E-state index contributed by atoms with van der Waals surface area (Å²) in [5.41, 5.74) is 9.98. The Kier molecular flexibility index (Phi) is 3.75. The number of nitrogens with zero attached hydrogens (tertiary/aromatic N) is 2. The number of hydrogen-bond donors (Lipinski definition) is 1. The molecule has 3 heteroatoms. The van der Waals surface area contributed by atoms with Crippen molar-refractivity contribution in [3.8, 4) is 0 Å². The summed E-state index contributed by atoms with van der Waals surface area (Å²) >= 11 is 0. The number of hydrogen-bond acceptors (Lipinski definition) is 3. The Bertz CT molecular complexity index is 621. The van der Waals surface area contributed by atoms with E-state index in [0.29, 0.717) is 5.41 Å². The number of aromatic nitrogens is 1. The fraction of sp³-hybridized carbons (Fsp3) is 0.500. The summed E-state index contributed by atoms with van der Waals surface area (Å²) in [4.78, 5) is 6.83. The molecular formula is C18H25N3. The van der Waals surface area contributed by atoms with Crippen LogP contribution in [0.3, 0.4) is 0 Å². The number of benzene rings is 1. The quantitative estimate of drug-likeness (QED) is 0.857. The highest BCUT2D eigenvalue weighted by Gasteiger charge is 2.31. The number of nitrogen functional groups attached to an aromatic ring is 1. The summed E-state index contributed by atoms with van der Waals surface area (Å²) in [6.45, 7) is 6.87. The van der Waals surface area contributed by atoms with E-state index in [1.165, 1.54) is 31.4 Å². The minimum Gasteiger partial charge on any atom is -0.396 e. The Hall–Kier alpha value is -1.77. The van der Waals surface area contributed by atoms with E-state index >= 15 is 0 Å². The van der Waals surface area contributed by atoms with Gasteiger partial charge in [-0.25, -0.2) is 0 Å². The molecule has 2 aromatic rings. The van der Waals surface area contributed by atoms with Crippen LogP contribution >= 0.6 is 0 Å². The number of anilines is 2. The molecule has 112 valence electrons. The van der Waals surface area contributed by atoms with Gasteiger partial charge in [-0.3, -0.25) is 4.98 Å². The van der Waals surface area contributed by atoms with Crippen molar-refractivity contribution in [3.05, 3.63) is 30.5 Å². The third-order valence-corrected chi connectivity index (χ3v) is 5.47. The molecule has 0 atom stereocenters. The van der Waals surface area contributed by atoms with E-state index in [0.717, 1.165) is 29.7 Å². The highest BCUT2D eigenvalue weighted by Crippen LogP contribution is 2.41. The Morgan fingerprint density at radius 1 is 1.14 bits per heavy atom. The summed E-state index contributed by atoms with van der Waals surface area (Å²) in [6.07, 6.45) is 6.93. The molecule has 0 bridgehead atoms. The maximum atomic E-state index is 6.40. The number of fused-ring (bicyclic) bond motifs is 1. The van der Waals surface area contributed by atoms with Gasteiger partial charge in [-0.1, -0.05) is 26.7 Å². The molecule has 3 nitrogen and oxygen atoms in total. The van der Waals surface area contributed by atoms with E-state index < -0.39 is 0 Å². The second kappa shape index (κ2) is 5.55. The molecule has 1 fully saturated rings. The fourth-order valence-electron chi connectivity index (χ4n) is 3.62. The normalized spacial score (nSPS) is 18.1. The van der Waals surface area contributed by atoms with Crippen LogP contribution in [-0.2, 0) is 0 Å². The minimum atomic E-state index is 0.545. The van der Waals surface area contributed by atoms with Gasteiger partial charge in [-0.2, -0.15) is 0 Å². The zero-order valence-electron chi connectivity index (χ0n) is 13.1. The summed E-state index contributed by atoms with van der Waals surface area (Å²) < 4.78 is 0. The third-order valence-electron chi connectivity index (χ3n) is 5.47. The highest BCUT2D eigenvalue weighted by molar-refractivity contribution is 5.97. The van der Waals surface area contributed by atoms with E-state index in [4.69, 9.17) is 5.73 Å². The van der Waals surface area contributed by atoms with Crippen molar-refractivity contribution in [2.75, 3.05) is 23.7 Å². The Morgan fingerprint density at radius 2 is 1.86 bits per heavy atom. The summed E-state index contributed by atoms with van der Waals surface area (Å²) in [5.74, 6) is 0. The van der Waals surface area contributed by atoms with Crippen LogP contribution in [0.4, 0.5) is 11.4 Å². The molecule has 2 N–H and O–H groups in total. The zero-order valence-corrected chi connectivity index (χ0v) is 13.1. The van der Waals surface area contributed by atoms with Gasteiger partial charge in [0.1, 0.15) is 0 Å². The first-order valence-corrected chi connectivity index (χ1v) is 8.07.